The number of hydrogen-bond donors (Lipinski definition) is 0. The Morgan fingerprint density at radius 3 is 2.34 bits per heavy atom. The van der Waals surface area contributed by atoms with Crippen LogP contribution in [-0.2, 0) is 37.3 Å². The molecule has 0 aromatic carbocycles. The Morgan fingerprint density at radius 2 is 1.55 bits per heavy atom. The van der Waals surface area contributed by atoms with Crippen molar-refractivity contribution < 1.29 is 0 Å². The maximum atomic E-state index is 5.27. The highest BCUT2D eigenvalue weighted by atomic mass is 15.3. The monoisotopic (exact) mass is 394 g/mol. The SMILES string of the molecule is Cc1c2c(nn1C)C(C)(CCCn1nc3c(c1C)CCCC31CCCCC1)CC2. The molecule has 0 amide bonds. The lowest BCUT2D eigenvalue weighted by atomic mass is 9.65. The molecule has 2 aromatic rings. The van der Waals surface area contributed by atoms with Crippen LogP contribution in [0.2, 0.25) is 0 Å². The fourth-order valence-electron chi connectivity index (χ4n) is 6.78. The molecule has 1 spiro atoms. The molecule has 0 bridgehead atoms. The standard InChI is InChI=1S/C25H38N4/c1-18-21-11-16-24(3,22(21)26-28(18)4)12-9-17-29-19(2)20-10-8-15-25(23(20)27-29)13-6-5-7-14-25/h5-17H2,1-4H3. The van der Waals surface area contributed by atoms with E-state index in [9.17, 15) is 0 Å². The minimum absolute atomic E-state index is 0.243. The Kier molecular flexibility index (Phi) is 4.67. The molecule has 5 rings (SSSR count). The summed E-state index contributed by atoms with van der Waals surface area (Å²) >= 11 is 0. The third-order valence-corrected chi connectivity index (χ3v) is 8.78. The molecular weight excluding hydrogens is 356 g/mol. The van der Waals surface area contributed by atoms with Gasteiger partial charge in [0.1, 0.15) is 0 Å². The first kappa shape index (κ1) is 19.4. The Balaban J connectivity index is 1.32. The van der Waals surface area contributed by atoms with E-state index in [0.717, 1.165) is 6.54 Å². The molecule has 1 unspecified atom stereocenters. The van der Waals surface area contributed by atoms with E-state index in [0.29, 0.717) is 5.41 Å². The van der Waals surface area contributed by atoms with Crippen LogP contribution in [-0.4, -0.2) is 19.6 Å². The topological polar surface area (TPSA) is 35.6 Å². The second-order valence-electron chi connectivity index (χ2n) is 10.5. The van der Waals surface area contributed by atoms with Gasteiger partial charge in [0.2, 0.25) is 0 Å². The van der Waals surface area contributed by atoms with Crippen LogP contribution in [0.3, 0.4) is 0 Å². The summed E-state index contributed by atoms with van der Waals surface area (Å²) in [5.41, 5.74) is 9.46. The fourth-order valence-corrected chi connectivity index (χ4v) is 6.78. The van der Waals surface area contributed by atoms with Crippen molar-refractivity contribution in [1.82, 2.24) is 19.6 Å². The molecule has 1 fully saturated rings. The third kappa shape index (κ3) is 3.00. The summed E-state index contributed by atoms with van der Waals surface area (Å²) in [5.74, 6) is 0. The summed E-state index contributed by atoms with van der Waals surface area (Å²) in [4.78, 5) is 0. The van der Waals surface area contributed by atoms with Gasteiger partial charge >= 0.3 is 0 Å². The van der Waals surface area contributed by atoms with Crippen LogP contribution in [0.25, 0.3) is 0 Å². The van der Waals surface area contributed by atoms with Crippen molar-refractivity contribution in [3.63, 3.8) is 0 Å². The molecule has 4 nitrogen and oxygen atoms in total. The average molecular weight is 395 g/mol. The molecule has 158 valence electrons. The van der Waals surface area contributed by atoms with Gasteiger partial charge in [-0.25, -0.2) is 0 Å². The molecule has 0 aliphatic heterocycles. The maximum Gasteiger partial charge on any atom is 0.0720 e. The lowest BCUT2D eigenvalue weighted by Crippen LogP contribution is -2.33. The highest BCUT2D eigenvalue weighted by Gasteiger charge is 2.41. The quantitative estimate of drug-likeness (QED) is 0.690. The summed E-state index contributed by atoms with van der Waals surface area (Å²) in [6.07, 6.45) is 15.8. The van der Waals surface area contributed by atoms with Gasteiger partial charge in [0.05, 0.1) is 11.4 Å². The van der Waals surface area contributed by atoms with E-state index in [1.54, 1.807) is 5.56 Å². The highest BCUT2D eigenvalue weighted by Crippen LogP contribution is 2.47. The number of aromatic nitrogens is 4. The number of hydrogen-bond acceptors (Lipinski definition) is 2. The third-order valence-electron chi connectivity index (χ3n) is 8.78. The Hall–Kier alpha value is -1.58. The lowest BCUT2D eigenvalue weighted by Gasteiger charge is -2.39. The minimum atomic E-state index is 0.243. The van der Waals surface area contributed by atoms with E-state index < -0.39 is 0 Å². The molecule has 2 aromatic heterocycles. The van der Waals surface area contributed by atoms with Crippen molar-refractivity contribution in [3.05, 3.63) is 33.9 Å². The van der Waals surface area contributed by atoms with Gasteiger partial charge in [-0.05, 0) is 82.8 Å². The van der Waals surface area contributed by atoms with E-state index in [1.165, 1.54) is 105 Å². The van der Waals surface area contributed by atoms with Gasteiger partial charge < -0.3 is 0 Å². The van der Waals surface area contributed by atoms with Gasteiger partial charge in [-0.15, -0.1) is 0 Å². The van der Waals surface area contributed by atoms with Crippen molar-refractivity contribution in [3.8, 4) is 0 Å². The van der Waals surface area contributed by atoms with Crippen LogP contribution >= 0.6 is 0 Å². The summed E-state index contributed by atoms with van der Waals surface area (Å²) in [7, 11) is 2.09. The van der Waals surface area contributed by atoms with Crippen LogP contribution in [0.1, 0.15) is 105 Å². The van der Waals surface area contributed by atoms with Crippen LogP contribution in [0.5, 0.6) is 0 Å². The van der Waals surface area contributed by atoms with Gasteiger partial charge in [-0.1, -0.05) is 26.2 Å². The zero-order valence-electron chi connectivity index (χ0n) is 19.0. The van der Waals surface area contributed by atoms with Crippen molar-refractivity contribution in [1.29, 1.82) is 0 Å². The van der Waals surface area contributed by atoms with Gasteiger partial charge in [0.25, 0.3) is 0 Å². The molecule has 0 N–H and O–H groups in total. The van der Waals surface area contributed by atoms with Crippen LogP contribution < -0.4 is 0 Å². The van der Waals surface area contributed by atoms with Crippen molar-refractivity contribution in [2.24, 2.45) is 7.05 Å². The van der Waals surface area contributed by atoms with Crippen molar-refractivity contribution >= 4 is 0 Å². The Morgan fingerprint density at radius 1 is 0.828 bits per heavy atom. The smallest absolute Gasteiger partial charge is 0.0720 e. The summed E-state index contributed by atoms with van der Waals surface area (Å²) in [5, 5.41) is 10.2. The molecule has 3 aliphatic carbocycles. The average Bonchev–Trinajstić information content (AvgIpc) is 3.31. The Labute approximate surface area is 176 Å². The lowest BCUT2D eigenvalue weighted by molar-refractivity contribution is 0.247. The van der Waals surface area contributed by atoms with E-state index in [1.807, 2.05) is 0 Å². The van der Waals surface area contributed by atoms with E-state index in [4.69, 9.17) is 10.2 Å². The molecule has 2 heterocycles. The number of rotatable bonds is 4. The van der Waals surface area contributed by atoms with Gasteiger partial charge in [0.15, 0.2) is 0 Å². The second-order valence-corrected chi connectivity index (χ2v) is 10.5. The van der Waals surface area contributed by atoms with Crippen LogP contribution in [0, 0.1) is 13.8 Å². The first-order valence-electron chi connectivity index (χ1n) is 12.0. The molecule has 3 aliphatic rings. The predicted molar refractivity (Wildman–Crippen MR) is 118 cm³/mol. The van der Waals surface area contributed by atoms with Gasteiger partial charge in [0, 0.05) is 35.8 Å². The van der Waals surface area contributed by atoms with E-state index >= 15 is 0 Å². The summed E-state index contributed by atoms with van der Waals surface area (Å²) in [6, 6.07) is 0. The zero-order valence-corrected chi connectivity index (χ0v) is 19.0. The Bertz CT molecular complexity index is 912. The zero-order chi connectivity index (χ0) is 20.2. The number of fused-ring (bicyclic) bond motifs is 3. The molecule has 1 saturated carbocycles. The van der Waals surface area contributed by atoms with E-state index in [-0.39, 0.29) is 5.41 Å². The summed E-state index contributed by atoms with van der Waals surface area (Å²) in [6.45, 7) is 8.04. The van der Waals surface area contributed by atoms with Gasteiger partial charge in [-0.2, -0.15) is 10.2 Å². The van der Waals surface area contributed by atoms with Gasteiger partial charge in [-0.3, -0.25) is 9.36 Å². The maximum absolute atomic E-state index is 5.27. The molecule has 0 radical (unpaired) electrons. The second kappa shape index (κ2) is 6.99. The van der Waals surface area contributed by atoms with Crippen LogP contribution in [0.15, 0.2) is 0 Å². The molecule has 0 saturated heterocycles. The first-order chi connectivity index (χ1) is 13.9. The number of aryl methyl sites for hydroxylation is 2. The van der Waals surface area contributed by atoms with E-state index in [2.05, 4.69) is 37.2 Å². The number of nitrogens with zero attached hydrogens (tertiary/aromatic N) is 4. The van der Waals surface area contributed by atoms with Crippen LogP contribution in [0.4, 0.5) is 0 Å². The molecule has 29 heavy (non-hydrogen) atoms. The minimum Gasteiger partial charge on any atom is -0.272 e. The van der Waals surface area contributed by atoms with Crippen molar-refractivity contribution in [2.45, 2.75) is 115 Å². The molecule has 4 heteroatoms. The molecule has 1 atom stereocenters. The highest BCUT2D eigenvalue weighted by molar-refractivity contribution is 5.37. The fraction of sp³-hybridized carbons (Fsp3) is 0.760. The molecular formula is C25H38N4. The predicted octanol–water partition coefficient (Wildman–Crippen LogP) is 5.46. The normalized spacial score (nSPS) is 25.4. The first-order valence-corrected chi connectivity index (χ1v) is 12.0. The van der Waals surface area contributed by atoms with Crippen molar-refractivity contribution in [2.75, 3.05) is 0 Å². The summed E-state index contributed by atoms with van der Waals surface area (Å²) < 4.78 is 4.45. The largest absolute Gasteiger partial charge is 0.272 e.